The van der Waals surface area contributed by atoms with Gasteiger partial charge in [0.1, 0.15) is 0 Å². The molecule has 7 heteroatoms. The molecule has 1 aromatic heterocycles. The highest BCUT2D eigenvalue weighted by molar-refractivity contribution is 7.12. The molecule has 25 heavy (non-hydrogen) atoms. The molecule has 2 amide bonds. The number of carbonyl (C=O) groups excluding carboxylic acids is 2. The molecule has 0 spiro atoms. The molecular formula is C18H20N2O4S. The highest BCUT2D eigenvalue weighted by Crippen LogP contribution is 2.34. The minimum absolute atomic E-state index is 0.111. The van der Waals surface area contributed by atoms with Gasteiger partial charge < -0.3 is 19.7 Å². The van der Waals surface area contributed by atoms with Crippen LogP contribution in [0.1, 0.15) is 32.9 Å². The van der Waals surface area contributed by atoms with Crippen molar-refractivity contribution in [2.45, 2.75) is 12.8 Å². The second-order valence-electron chi connectivity index (χ2n) is 5.68. The number of hydrogen-bond donors (Lipinski definition) is 1. The standard InChI is InChI=1S/C18H20N2O4S/c1-23-14-10-12(18(22)20-7-3-4-8-20)13(11-15(14)24-2)19-17(21)16-6-5-9-25-16/h5-6,9-11H,3-4,7-8H2,1-2H3,(H,19,21). The third kappa shape index (κ3) is 3.61. The van der Waals surface area contributed by atoms with Crippen LogP contribution in [0.2, 0.25) is 0 Å². The van der Waals surface area contributed by atoms with Crippen LogP contribution in [0.15, 0.2) is 29.6 Å². The van der Waals surface area contributed by atoms with Crippen molar-refractivity contribution in [2.24, 2.45) is 0 Å². The number of likely N-dealkylation sites (tertiary alicyclic amines) is 1. The molecule has 1 N–H and O–H groups in total. The van der Waals surface area contributed by atoms with Crippen molar-refractivity contribution in [3.05, 3.63) is 40.1 Å². The Morgan fingerprint density at radius 2 is 1.80 bits per heavy atom. The number of rotatable bonds is 5. The molecule has 0 aliphatic carbocycles. The van der Waals surface area contributed by atoms with Crippen molar-refractivity contribution in [3.8, 4) is 11.5 Å². The molecule has 1 aliphatic rings. The monoisotopic (exact) mass is 360 g/mol. The normalized spacial score (nSPS) is 13.6. The summed E-state index contributed by atoms with van der Waals surface area (Å²) in [6, 6.07) is 6.81. The predicted octanol–water partition coefficient (Wildman–Crippen LogP) is 3.25. The van der Waals surface area contributed by atoms with E-state index in [9.17, 15) is 9.59 Å². The summed E-state index contributed by atoms with van der Waals surface area (Å²) in [5.74, 6) is 0.554. The number of thiophene rings is 1. The van der Waals surface area contributed by atoms with Crippen LogP contribution in [-0.2, 0) is 0 Å². The van der Waals surface area contributed by atoms with Crippen LogP contribution < -0.4 is 14.8 Å². The van der Waals surface area contributed by atoms with Crippen molar-refractivity contribution in [1.82, 2.24) is 4.90 Å². The van der Waals surface area contributed by atoms with Crippen LogP contribution >= 0.6 is 11.3 Å². The molecule has 0 radical (unpaired) electrons. The molecule has 0 unspecified atom stereocenters. The van der Waals surface area contributed by atoms with Gasteiger partial charge in [-0.2, -0.15) is 0 Å². The van der Waals surface area contributed by atoms with Crippen molar-refractivity contribution in [3.63, 3.8) is 0 Å². The second kappa shape index (κ2) is 7.57. The van der Waals surface area contributed by atoms with E-state index in [1.807, 2.05) is 11.4 Å². The van der Waals surface area contributed by atoms with Gasteiger partial charge in [0.15, 0.2) is 11.5 Å². The molecule has 2 heterocycles. The van der Waals surface area contributed by atoms with E-state index >= 15 is 0 Å². The SMILES string of the molecule is COc1cc(NC(=O)c2cccs2)c(C(=O)N2CCCC2)cc1OC. The molecule has 6 nitrogen and oxygen atoms in total. The van der Waals surface area contributed by atoms with E-state index in [0.717, 1.165) is 25.9 Å². The molecule has 1 saturated heterocycles. The van der Waals surface area contributed by atoms with Gasteiger partial charge in [0.05, 0.1) is 30.3 Å². The minimum Gasteiger partial charge on any atom is -0.493 e. The Bertz CT molecular complexity index is 768. The molecule has 0 saturated carbocycles. The second-order valence-corrected chi connectivity index (χ2v) is 6.63. The Morgan fingerprint density at radius 3 is 2.40 bits per heavy atom. The number of amides is 2. The molecule has 132 valence electrons. The summed E-state index contributed by atoms with van der Waals surface area (Å²) in [6.07, 6.45) is 1.99. The number of hydrogen-bond acceptors (Lipinski definition) is 5. The lowest BCUT2D eigenvalue weighted by Crippen LogP contribution is -2.29. The first-order valence-electron chi connectivity index (χ1n) is 8.04. The van der Waals surface area contributed by atoms with E-state index in [4.69, 9.17) is 9.47 Å². The van der Waals surface area contributed by atoms with E-state index in [2.05, 4.69) is 5.32 Å². The minimum atomic E-state index is -0.252. The Hall–Kier alpha value is -2.54. The van der Waals surface area contributed by atoms with E-state index in [0.29, 0.717) is 27.6 Å². The molecule has 0 atom stereocenters. The maximum Gasteiger partial charge on any atom is 0.265 e. The number of ether oxygens (including phenoxy) is 2. The molecular weight excluding hydrogens is 340 g/mol. The largest absolute Gasteiger partial charge is 0.493 e. The smallest absolute Gasteiger partial charge is 0.265 e. The molecule has 1 fully saturated rings. The van der Waals surface area contributed by atoms with Gasteiger partial charge in [0.2, 0.25) is 0 Å². The Kier molecular flexibility index (Phi) is 5.23. The number of carbonyl (C=O) groups is 2. The average Bonchev–Trinajstić information content (AvgIpc) is 3.34. The van der Waals surface area contributed by atoms with E-state index in [-0.39, 0.29) is 11.8 Å². The first kappa shape index (κ1) is 17.3. The fraction of sp³-hybridized carbons (Fsp3) is 0.333. The summed E-state index contributed by atoms with van der Waals surface area (Å²) in [4.78, 5) is 27.7. The zero-order valence-corrected chi connectivity index (χ0v) is 15.0. The molecule has 1 aromatic carbocycles. The average molecular weight is 360 g/mol. The zero-order chi connectivity index (χ0) is 17.8. The zero-order valence-electron chi connectivity index (χ0n) is 14.2. The summed E-state index contributed by atoms with van der Waals surface area (Å²) in [5.41, 5.74) is 0.831. The third-order valence-corrected chi connectivity index (χ3v) is 5.01. The summed E-state index contributed by atoms with van der Waals surface area (Å²) >= 11 is 1.34. The first-order valence-corrected chi connectivity index (χ1v) is 8.92. The maximum atomic E-state index is 12.9. The Morgan fingerprint density at radius 1 is 1.12 bits per heavy atom. The molecule has 0 bridgehead atoms. The van der Waals surface area contributed by atoms with Gasteiger partial charge in [-0.1, -0.05) is 6.07 Å². The van der Waals surface area contributed by atoms with Crippen molar-refractivity contribution in [1.29, 1.82) is 0 Å². The number of nitrogens with zero attached hydrogens (tertiary/aromatic N) is 1. The van der Waals surface area contributed by atoms with Crippen molar-refractivity contribution >= 4 is 28.8 Å². The summed E-state index contributed by atoms with van der Waals surface area (Å²) in [5, 5.41) is 4.66. The van der Waals surface area contributed by atoms with E-state index < -0.39 is 0 Å². The third-order valence-electron chi connectivity index (χ3n) is 4.14. The number of anilines is 1. The lowest BCUT2D eigenvalue weighted by atomic mass is 10.1. The fourth-order valence-corrected chi connectivity index (χ4v) is 3.46. The van der Waals surface area contributed by atoms with Crippen molar-refractivity contribution < 1.29 is 19.1 Å². The van der Waals surface area contributed by atoms with Crippen LogP contribution in [0.3, 0.4) is 0 Å². The van der Waals surface area contributed by atoms with Gasteiger partial charge in [-0.3, -0.25) is 9.59 Å². The fourth-order valence-electron chi connectivity index (χ4n) is 2.84. The van der Waals surface area contributed by atoms with E-state index in [1.54, 1.807) is 23.1 Å². The quantitative estimate of drug-likeness (QED) is 0.889. The Balaban J connectivity index is 1.98. The molecule has 2 aromatic rings. The first-order chi connectivity index (χ1) is 12.1. The number of nitrogens with one attached hydrogen (secondary N) is 1. The Labute approximate surface area is 150 Å². The summed E-state index contributed by atoms with van der Waals surface area (Å²) < 4.78 is 10.6. The highest BCUT2D eigenvalue weighted by atomic mass is 32.1. The van der Waals surface area contributed by atoms with Crippen LogP contribution in [-0.4, -0.2) is 44.0 Å². The van der Waals surface area contributed by atoms with Crippen LogP contribution in [0.5, 0.6) is 11.5 Å². The topological polar surface area (TPSA) is 67.9 Å². The van der Waals surface area contributed by atoms with Crippen LogP contribution in [0.25, 0.3) is 0 Å². The van der Waals surface area contributed by atoms with E-state index in [1.165, 1.54) is 25.6 Å². The highest BCUT2D eigenvalue weighted by Gasteiger charge is 2.25. The van der Waals surface area contributed by atoms with Gasteiger partial charge in [-0.15, -0.1) is 11.3 Å². The summed E-state index contributed by atoms with van der Waals surface area (Å²) in [6.45, 7) is 1.46. The van der Waals surface area contributed by atoms with Crippen LogP contribution in [0.4, 0.5) is 5.69 Å². The van der Waals surface area contributed by atoms with Gasteiger partial charge in [0.25, 0.3) is 11.8 Å². The van der Waals surface area contributed by atoms with Gasteiger partial charge in [-0.05, 0) is 30.4 Å². The van der Waals surface area contributed by atoms with Crippen molar-refractivity contribution in [2.75, 3.05) is 32.6 Å². The lowest BCUT2D eigenvalue weighted by Gasteiger charge is -2.20. The lowest BCUT2D eigenvalue weighted by molar-refractivity contribution is 0.0793. The van der Waals surface area contributed by atoms with Crippen LogP contribution in [0, 0.1) is 0 Å². The predicted molar refractivity (Wildman–Crippen MR) is 97.0 cm³/mol. The number of methoxy groups -OCH3 is 2. The summed E-state index contributed by atoms with van der Waals surface area (Å²) in [7, 11) is 3.04. The molecule has 1 aliphatic heterocycles. The van der Waals surface area contributed by atoms with Gasteiger partial charge in [-0.25, -0.2) is 0 Å². The maximum absolute atomic E-state index is 12.9. The van der Waals surface area contributed by atoms with Gasteiger partial charge in [0, 0.05) is 19.2 Å². The molecule has 3 rings (SSSR count). The number of benzene rings is 1. The van der Waals surface area contributed by atoms with Gasteiger partial charge >= 0.3 is 0 Å².